The number of benzene rings is 1. The van der Waals surface area contributed by atoms with Gasteiger partial charge in [0.05, 0.1) is 23.4 Å². The first-order valence-corrected chi connectivity index (χ1v) is 7.46. The average molecular weight is 305 g/mol. The zero-order chi connectivity index (χ0) is 16.0. The van der Waals surface area contributed by atoms with Gasteiger partial charge < -0.3 is 13.9 Å². The summed E-state index contributed by atoms with van der Waals surface area (Å²) in [6.07, 6.45) is 1.95. The van der Waals surface area contributed by atoms with Crippen molar-refractivity contribution < 1.29 is 9.47 Å². The van der Waals surface area contributed by atoms with Gasteiger partial charge >= 0.3 is 0 Å². The van der Waals surface area contributed by atoms with E-state index in [-0.39, 0.29) is 12.7 Å². The molecule has 0 aliphatic carbocycles. The maximum Gasteiger partial charge on any atom is 0.231 e. The number of aromatic nitrogens is 2. The molecular formula is C18H15N3O2. The van der Waals surface area contributed by atoms with Gasteiger partial charge in [0.2, 0.25) is 6.79 Å². The number of hydrogen-bond donors (Lipinski definition) is 0. The first-order valence-electron chi connectivity index (χ1n) is 7.46. The first-order chi connectivity index (χ1) is 11.2. The van der Waals surface area contributed by atoms with E-state index in [0.717, 1.165) is 33.9 Å². The van der Waals surface area contributed by atoms with Crippen LogP contribution in [0, 0.1) is 18.3 Å². The van der Waals surface area contributed by atoms with Crippen LogP contribution in [0.25, 0.3) is 16.9 Å². The second-order valence-corrected chi connectivity index (χ2v) is 5.65. The molecule has 1 aromatic carbocycles. The number of nitriles is 1. The summed E-state index contributed by atoms with van der Waals surface area (Å²) in [4.78, 5) is 4.79. The number of aryl methyl sites for hydroxylation is 1. The first kappa shape index (κ1) is 13.6. The minimum atomic E-state index is -0.271. The van der Waals surface area contributed by atoms with Crippen LogP contribution < -0.4 is 9.47 Å². The zero-order valence-electron chi connectivity index (χ0n) is 12.9. The van der Waals surface area contributed by atoms with Gasteiger partial charge in [0.25, 0.3) is 0 Å². The third-order valence-corrected chi connectivity index (χ3v) is 4.13. The Morgan fingerprint density at radius 1 is 1.26 bits per heavy atom. The normalized spacial score (nSPS) is 14.0. The van der Waals surface area contributed by atoms with Crippen LogP contribution in [-0.2, 0) is 0 Å². The highest BCUT2D eigenvalue weighted by Gasteiger charge is 2.22. The molecule has 0 radical (unpaired) electrons. The van der Waals surface area contributed by atoms with E-state index >= 15 is 0 Å². The van der Waals surface area contributed by atoms with E-state index in [0.29, 0.717) is 5.75 Å². The third kappa shape index (κ3) is 2.03. The quantitative estimate of drug-likeness (QED) is 0.725. The Kier molecular flexibility index (Phi) is 2.98. The fraction of sp³-hybridized carbons (Fsp3) is 0.222. The number of imidazole rings is 1. The number of nitrogens with zero attached hydrogens (tertiary/aromatic N) is 3. The molecule has 4 rings (SSSR count). The molecule has 5 nitrogen and oxygen atoms in total. The Morgan fingerprint density at radius 3 is 2.91 bits per heavy atom. The van der Waals surface area contributed by atoms with Crippen molar-refractivity contribution in [2.24, 2.45) is 0 Å². The highest BCUT2D eigenvalue weighted by molar-refractivity contribution is 5.71. The minimum absolute atomic E-state index is 0.241. The van der Waals surface area contributed by atoms with E-state index in [1.165, 1.54) is 0 Å². The minimum Gasteiger partial charge on any atom is -0.454 e. The van der Waals surface area contributed by atoms with Crippen molar-refractivity contribution in [3.8, 4) is 28.8 Å². The summed E-state index contributed by atoms with van der Waals surface area (Å²) in [5.41, 5.74) is 4.58. The largest absolute Gasteiger partial charge is 0.454 e. The predicted octanol–water partition coefficient (Wildman–Crippen LogP) is 3.67. The Morgan fingerprint density at radius 2 is 2.09 bits per heavy atom. The van der Waals surface area contributed by atoms with Crippen molar-refractivity contribution in [2.45, 2.75) is 19.8 Å². The fourth-order valence-corrected chi connectivity index (χ4v) is 2.95. The molecule has 1 unspecified atom stereocenters. The molecule has 0 amide bonds. The SMILES string of the molecule is Cc1cccn2c(C(C)C#N)c(-c3ccc4c(c3)OCO4)nc12. The standard InChI is InChI=1S/C18H15N3O2/c1-11-4-3-7-21-17(12(2)9-19)16(20-18(11)21)13-5-6-14-15(8-13)23-10-22-14/h3-8,12H,10H2,1-2H3. The van der Waals surface area contributed by atoms with Crippen molar-refractivity contribution in [2.75, 3.05) is 6.79 Å². The van der Waals surface area contributed by atoms with Crippen LogP contribution in [-0.4, -0.2) is 16.2 Å². The predicted molar refractivity (Wildman–Crippen MR) is 85.5 cm³/mol. The lowest BCUT2D eigenvalue weighted by atomic mass is 10.0. The molecule has 0 bridgehead atoms. The molecule has 23 heavy (non-hydrogen) atoms. The monoisotopic (exact) mass is 305 g/mol. The summed E-state index contributed by atoms with van der Waals surface area (Å²) >= 11 is 0. The van der Waals surface area contributed by atoms with Crippen LogP contribution in [0.2, 0.25) is 0 Å². The van der Waals surface area contributed by atoms with Crippen molar-refractivity contribution in [3.63, 3.8) is 0 Å². The van der Waals surface area contributed by atoms with E-state index in [2.05, 4.69) is 6.07 Å². The van der Waals surface area contributed by atoms with E-state index < -0.39 is 0 Å². The number of hydrogen-bond acceptors (Lipinski definition) is 4. The summed E-state index contributed by atoms with van der Waals surface area (Å²) in [7, 11) is 0. The molecule has 0 fully saturated rings. The number of fused-ring (bicyclic) bond motifs is 2. The van der Waals surface area contributed by atoms with Gasteiger partial charge in [-0.1, -0.05) is 6.07 Å². The van der Waals surface area contributed by atoms with Gasteiger partial charge in [0, 0.05) is 11.8 Å². The van der Waals surface area contributed by atoms with Crippen LogP contribution in [0.4, 0.5) is 0 Å². The van der Waals surface area contributed by atoms with Gasteiger partial charge in [0.15, 0.2) is 11.5 Å². The zero-order valence-corrected chi connectivity index (χ0v) is 12.9. The van der Waals surface area contributed by atoms with Crippen molar-refractivity contribution >= 4 is 5.65 Å². The molecule has 0 saturated heterocycles. The average Bonchev–Trinajstić information content (AvgIpc) is 3.18. The second-order valence-electron chi connectivity index (χ2n) is 5.65. The van der Waals surface area contributed by atoms with Gasteiger partial charge in [-0.15, -0.1) is 0 Å². The van der Waals surface area contributed by atoms with E-state index in [1.807, 2.05) is 54.8 Å². The van der Waals surface area contributed by atoms with Crippen LogP contribution in [0.5, 0.6) is 11.5 Å². The molecule has 0 saturated carbocycles. The maximum absolute atomic E-state index is 9.43. The summed E-state index contributed by atoms with van der Waals surface area (Å²) in [6.45, 7) is 4.15. The number of pyridine rings is 1. The molecule has 2 aromatic heterocycles. The maximum atomic E-state index is 9.43. The summed E-state index contributed by atoms with van der Waals surface area (Å²) in [5.74, 6) is 1.18. The van der Waals surface area contributed by atoms with Crippen LogP contribution in [0.15, 0.2) is 36.5 Å². The topological polar surface area (TPSA) is 59.5 Å². The fourth-order valence-electron chi connectivity index (χ4n) is 2.95. The van der Waals surface area contributed by atoms with Crippen molar-refractivity contribution in [1.29, 1.82) is 5.26 Å². The molecule has 0 spiro atoms. The number of rotatable bonds is 2. The van der Waals surface area contributed by atoms with Gasteiger partial charge in [-0.25, -0.2) is 4.98 Å². The lowest BCUT2D eigenvalue weighted by Crippen LogP contribution is -1.98. The molecule has 3 aromatic rings. The Balaban J connectivity index is 1.99. The van der Waals surface area contributed by atoms with Gasteiger partial charge in [0.1, 0.15) is 5.65 Å². The molecule has 1 atom stereocenters. The smallest absolute Gasteiger partial charge is 0.231 e. The highest BCUT2D eigenvalue weighted by Crippen LogP contribution is 2.38. The lowest BCUT2D eigenvalue weighted by molar-refractivity contribution is 0.174. The van der Waals surface area contributed by atoms with Crippen molar-refractivity contribution in [3.05, 3.63) is 47.8 Å². The molecular weight excluding hydrogens is 290 g/mol. The molecule has 0 N–H and O–H groups in total. The molecule has 1 aliphatic heterocycles. The summed E-state index contributed by atoms with van der Waals surface area (Å²) in [6, 6.07) is 12.1. The molecule has 5 heteroatoms. The van der Waals surface area contributed by atoms with Gasteiger partial charge in [-0.2, -0.15) is 5.26 Å². The van der Waals surface area contributed by atoms with E-state index in [1.54, 1.807) is 0 Å². The third-order valence-electron chi connectivity index (χ3n) is 4.13. The summed E-state index contributed by atoms with van der Waals surface area (Å²) < 4.78 is 12.8. The number of ether oxygens (including phenoxy) is 2. The molecule has 114 valence electrons. The van der Waals surface area contributed by atoms with E-state index in [9.17, 15) is 5.26 Å². The Bertz CT molecular complexity index is 953. The summed E-state index contributed by atoms with van der Waals surface area (Å²) in [5, 5.41) is 9.43. The van der Waals surface area contributed by atoms with Crippen LogP contribution >= 0.6 is 0 Å². The van der Waals surface area contributed by atoms with Crippen LogP contribution in [0.1, 0.15) is 24.1 Å². The van der Waals surface area contributed by atoms with Crippen molar-refractivity contribution in [1.82, 2.24) is 9.38 Å². The Labute approximate surface area is 133 Å². The van der Waals surface area contributed by atoms with E-state index in [4.69, 9.17) is 14.5 Å². The molecule has 3 heterocycles. The molecule has 1 aliphatic rings. The van der Waals surface area contributed by atoms with Gasteiger partial charge in [-0.3, -0.25) is 0 Å². The van der Waals surface area contributed by atoms with Gasteiger partial charge in [-0.05, 0) is 43.7 Å². The highest BCUT2D eigenvalue weighted by atomic mass is 16.7. The Hall–Kier alpha value is -3.00. The van der Waals surface area contributed by atoms with Crippen LogP contribution in [0.3, 0.4) is 0 Å². The second kappa shape index (κ2) is 5.03. The lowest BCUT2D eigenvalue weighted by Gasteiger charge is -2.07.